The van der Waals surface area contributed by atoms with Crippen molar-refractivity contribution in [2.45, 2.75) is 40.0 Å². The summed E-state index contributed by atoms with van der Waals surface area (Å²) in [7, 11) is 0. The Bertz CT molecular complexity index is 630. The number of nitrogens with two attached hydrogens (primary N) is 1. The van der Waals surface area contributed by atoms with Crippen LogP contribution in [0.4, 0.5) is 5.82 Å². The van der Waals surface area contributed by atoms with Crippen LogP contribution < -0.4 is 10.5 Å². The summed E-state index contributed by atoms with van der Waals surface area (Å²) in [6.45, 7) is 10.1. The zero-order chi connectivity index (χ0) is 14.9. The minimum absolute atomic E-state index is 0.00187. The van der Waals surface area contributed by atoms with Crippen molar-refractivity contribution in [2.24, 2.45) is 0 Å². The molecule has 0 aliphatic carbocycles. The van der Waals surface area contributed by atoms with Crippen LogP contribution >= 0.6 is 0 Å². The normalized spacial score (nSPS) is 11.4. The van der Waals surface area contributed by atoms with E-state index < -0.39 is 0 Å². The number of benzene rings is 1. The molecule has 1 heterocycles. The zero-order valence-corrected chi connectivity index (χ0v) is 12.7. The molecule has 0 radical (unpaired) electrons. The van der Waals surface area contributed by atoms with Gasteiger partial charge in [-0.05, 0) is 25.3 Å². The number of ether oxygens (including phenoxy) is 1. The second kappa shape index (κ2) is 5.12. The third kappa shape index (κ3) is 2.90. The van der Waals surface area contributed by atoms with Crippen molar-refractivity contribution in [1.29, 1.82) is 0 Å². The number of aryl methyl sites for hydroxylation is 1. The van der Waals surface area contributed by atoms with Crippen LogP contribution in [0.15, 0.2) is 24.3 Å². The maximum atomic E-state index is 6.00. The molecule has 0 bridgehead atoms. The van der Waals surface area contributed by atoms with E-state index in [-0.39, 0.29) is 5.41 Å². The molecule has 0 fully saturated rings. The molecule has 1 aromatic heterocycles. The summed E-state index contributed by atoms with van der Waals surface area (Å²) in [6.07, 6.45) is 0. The van der Waals surface area contributed by atoms with Crippen molar-refractivity contribution in [3.8, 4) is 11.6 Å². The number of aromatic nitrogens is 2. The lowest BCUT2D eigenvalue weighted by Gasteiger charge is -2.22. The summed E-state index contributed by atoms with van der Waals surface area (Å²) in [5.41, 5.74) is 7.76. The van der Waals surface area contributed by atoms with Gasteiger partial charge in [-0.3, -0.25) is 0 Å². The van der Waals surface area contributed by atoms with Crippen LogP contribution in [-0.2, 0) is 5.41 Å². The van der Waals surface area contributed by atoms with Crippen LogP contribution in [0.3, 0.4) is 0 Å². The summed E-state index contributed by atoms with van der Waals surface area (Å²) < 4.78 is 6.00. The van der Waals surface area contributed by atoms with E-state index in [2.05, 4.69) is 36.8 Å². The Hall–Kier alpha value is -2.10. The van der Waals surface area contributed by atoms with E-state index in [0.717, 1.165) is 16.9 Å². The highest BCUT2D eigenvalue weighted by molar-refractivity contribution is 5.47. The summed E-state index contributed by atoms with van der Waals surface area (Å²) in [5.74, 6) is 2.39. The Labute approximate surface area is 120 Å². The fourth-order valence-corrected chi connectivity index (χ4v) is 2.00. The van der Waals surface area contributed by atoms with Crippen LogP contribution in [-0.4, -0.2) is 9.97 Å². The summed E-state index contributed by atoms with van der Waals surface area (Å²) in [5, 5.41) is 0. The van der Waals surface area contributed by atoms with Crippen molar-refractivity contribution < 1.29 is 4.74 Å². The zero-order valence-electron chi connectivity index (χ0n) is 12.7. The smallest absolute Gasteiger partial charge is 0.227 e. The van der Waals surface area contributed by atoms with E-state index in [1.807, 2.05) is 25.1 Å². The molecule has 20 heavy (non-hydrogen) atoms. The van der Waals surface area contributed by atoms with Crippen LogP contribution in [0.5, 0.6) is 11.6 Å². The average molecular weight is 271 g/mol. The van der Waals surface area contributed by atoms with Crippen molar-refractivity contribution in [2.75, 3.05) is 5.73 Å². The quantitative estimate of drug-likeness (QED) is 0.903. The molecule has 0 aliphatic heterocycles. The highest BCUT2D eigenvalue weighted by atomic mass is 16.5. The van der Waals surface area contributed by atoms with Gasteiger partial charge in [0.1, 0.15) is 17.4 Å². The third-order valence-electron chi connectivity index (χ3n) is 3.15. The lowest BCUT2D eigenvalue weighted by molar-refractivity contribution is 0.434. The van der Waals surface area contributed by atoms with Gasteiger partial charge in [-0.1, -0.05) is 39.0 Å². The van der Waals surface area contributed by atoms with Crippen LogP contribution in [0.2, 0.25) is 0 Å². The highest BCUT2D eigenvalue weighted by Gasteiger charge is 2.20. The fourth-order valence-electron chi connectivity index (χ4n) is 2.00. The Kier molecular flexibility index (Phi) is 3.66. The maximum Gasteiger partial charge on any atom is 0.227 e. The van der Waals surface area contributed by atoms with Crippen molar-refractivity contribution in [1.82, 2.24) is 9.97 Å². The first kappa shape index (κ1) is 14.3. The fraction of sp³-hybridized carbons (Fsp3) is 0.375. The molecule has 2 rings (SSSR count). The molecule has 0 unspecified atom stereocenters. The molecule has 106 valence electrons. The topological polar surface area (TPSA) is 61.0 Å². The molecule has 2 N–H and O–H groups in total. The molecule has 0 spiro atoms. The monoisotopic (exact) mass is 271 g/mol. The Balaban J connectivity index is 2.46. The molecule has 0 saturated heterocycles. The minimum atomic E-state index is -0.00187. The van der Waals surface area contributed by atoms with E-state index >= 15 is 0 Å². The van der Waals surface area contributed by atoms with E-state index in [9.17, 15) is 0 Å². The van der Waals surface area contributed by atoms with Gasteiger partial charge < -0.3 is 10.5 Å². The third-order valence-corrected chi connectivity index (χ3v) is 3.15. The molecule has 4 nitrogen and oxygen atoms in total. The lowest BCUT2D eigenvalue weighted by Crippen LogP contribution is -2.13. The van der Waals surface area contributed by atoms with Gasteiger partial charge in [0.05, 0.1) is 5.56 Å². The van der Waals surface area contributed by atoms with Crippen molar-refractivity contribution >= 4 is 5.82 Å². The molecule has 0 aliphatic rings. The molecule has 0 atom stereocenters. The number of nitrogen functional groups attached to an aromatic ring is 1. The van der Waals surface area contributed by atoms with Gasteiger partial charge in [-0.25, -0.2) is 4.98 Å². The van der Waals surface area contributed by atoms with Crippen LogP contribution in [0.25, 0.3) is 0 Å². The lowest BCUT2D eigenvalue weighted by atomic mass is 9.86. The number of rotatable bonds is 2. The summed E-state index contributed by atoms with van der Waals surface area (Å²) in [4.78, 5) is 8.47. The standard InChI is InChI=1S/C16H21N3O/c1-10-14(17)18-11(2)19-15(10)20-13-9-7-6-8-12(13)16(3,4)5/h6-9H,1-5H3,(H2,17,18,19). The van der Waals surface area contributed by atoms with Gasteiger partial charge in [0.2, 0.25) is 5.88 Å². The van der Waals surface area contributed by atoms with E-state index in [0.29, 0.717) is 17.5 Å². The van der Waals surface area contributed by atoms with Crippen LogP contribution in [0.1, 0.15) is 37.7 Å². The first-order valence-corrected chi connectivity index (χ1v) is 6.67. The molecular weight excluding hydrogens is 250 g/mol. The van der Waals surface area contributed by atoms with Crippen molar-refractivity contribution in [3.05, 3.63) is 41.2 Å². The summed E-state index contributed by atoms with van der Waals surface area (Å²) in [6, 6.07) is 7.99. The Morgan fingerprint density at radius 2 is 1.70 bits per heavy atom. The molecule has 1 aromatic carbocycles. The predicted molar refractivity (Wildman–Crippen MR) is 81.1 cm³/mol. The van der Waals surface area contributed by atoms with Crippen molar-refractivity contribution in [3.63, 3.8) is 0 Å². The molecule has 0 saturated carbocycles. The van der Waals surface area contributed by atoms with Crippen LogP contribution in [0, 0.1) is 13.8 Å². The number of nitrogens with zero attached hydrogens (tertiary/aromatic N) is 2. The minimum Gasteiger partial charge on any atom is -0.438 e. The second-order valence-corrected chi connectivity index (χ2v) is 5.93. The van der Waals surface area contributed by atoms with Gasteiger partial charge in [0, 0.05) is 5.56 Å². The number of hydrogen-bond donors (Lipinski definition) is 1. The van der Waals surface area contributed by atoms with Gasteiger partial charge in [-0.2, -0.15) is 4.98 Å². The maximum absolute atomic E-state index is 6.00. The van der Waals surface area contributed by atoms with E-state index in [1.165, 1.54) is 0 Å². The Morgan fingerprint density at radius 1 is 1.05 bits per heavy atom. The molecule has 0 amide bonds. The van der Waals surface area contributed by atoms with E-state index in [1.54, 1.807) is 6.92 Å². The first-order valence-electron chi connectivity index (χ1n) is 6.67. The predicted octanol–water partition coefficient (Wildman–Crippen LogP) is 3.77. The molecular formula is C16H21N3O. The van der Waals surface area contributed by atoms with Gasteiger partial charge in [-0.15, -0.1) is 0 Å². The van der Waals surface area contributed by atoms with E-state index in [4.69, 9.17) is 10.5 Å². The largest absolute Gasteiger partial charge is 0.438 e. The number of anilines is 1. The van der Waals surface area contributed by atoms with Gasteiger partial charge in [0.15, 0.2) is 0 Å². The summed E-state index contributed by atoms with van der Waals surface area (Å²) >= 11 is 0. The second-order valence-electron chi connectivity index (χ2n) is 5.93. The molecule has 2 aromatic rings. The van der Waals surface area contributed by atoms with Gasteiger partial charge in [0.25, 0.3) is 0 Å². The average Bonchev–Trinajstić information content (AvgIpc) is 2.34. The highest BCUT2D eigenvalue weighted by Crippen LogP contribution is 2.34. The number of hydrogen-bond acceptors (Lipinski definition) is 4. The number of para-hydroxylation sites is 1. The molecule has 4 heteroatoms. The Morgan fingerprint density at radius 3 is 2.35 bits per heavy atom. The first-order chi connectivity index (χ1) is 9.29. The SMILES string of the molecule is Cc1nc(N)c(C)c(Oc2ccccc2C(C)(C)C)n1. The van der Waals surface area contributed by atoms with Gasteiger partial charge >= 0.3 is 0 Å².